The molecular formula is C22H22BrN3O2. The summed E-state index contributed by atoms with van der Waals surface area (Å²) < 4.78 is 2.22. The van der Waals surface area contributed by atoms with Crippen molar-refractivity contribution in [1.82, 2.24) is 4.98 Å². The number of phenolic OH excluding ortho intramolecular Hbond substituents is 1. The fraction of sp³-hybridized carbons (Fsp3) is 0.136. The minimum absolute atomic E-state index is 0. The van der Waals surface area contributed by atoms with Crippen LogP contribution in [0.4, 0.5) is 5.69 Å². The predicted molar refractivity (Wildman–Crippen MR) is 107 cm³/mol. The number of aromatic hydroxyl groups is 1. The first-order valence-electron chi connectivity index (χ1n) is 9.01. The van der Waals surface area contributed by atoms with Gasteiger partial charge < -0.3 is 32.5 Å². The number of rotatable bonds is 1. The number of nitrogens with zero attached hydrogens (tertiary/aromatic N) is 1. The van der Waals surface area contributed by atoms with E-state index in [1.165, 1.54) is 0 Å². The Balaban J connectivity index is 0.000000531. The summed E-state index contributed by atoms with van der Waals surface area (Å²) in [7, 11) is 0. The van der Waals surface area contributed by atoms with Gasteiger partial charge >= 0.3 is 0 Å². The molecule has 0 bridgehead atoms. The summed E-state index contributed by atoms with van der Waals surface area (Å²) in [6.07, 6.45) is -0.174. The van der Waals surface area contributed by atoms with Crippen LogP contribution < -0.4 is 26.9 Å². The molecule has 0 fully saturated rings. The van der Waals surface area contributed by atoms with Gasteiger partial charge in [-0.3, -0.25) is 0 Å². The van der Waals surface area contributed by atoms with Gasteiger partial charge in [-0.25, -0.2) is 4.98 Å². The van der Waals surface area contributed by atoms with Gasteiger partial charge in [0.05, 0.1) is 16.8 Å². The molecule has 0 saturated carbocycles. The number of aliphatic hydroxyl groups excluding tert-OH is 1. The third kappa shape index (κ3) is 3.37. The average molecular weight is 440 g/mol. The fourth-order valence-corrected chi connectivity index (χ4v) is 3.53. The molecule has 1 aliphatic heterocycles. The van der Waals surface area contributed by atoms with Crippen LogP contribution in [0.5, 0.6) is 5.75 Å². The highest BCUT2D eigenvalue weighted by atomic mass is 79.9. The summed E-state index contributed by atoms with van der Waals surface area (Å²) >= 11 is 0. The number of benzene rings is 3. The molecule has 3 aromatic carbocycles. The van der Waals surface area contributed by atoms with Crippen molar-refractivity contribution in [2.24, 2.45) is 0 Å². The number of hydrogen-bond acceptors (Lipinski definition) is 3. The number of nitrogens with one attached hydrogen (secondary N) is 2. The van der Waals surface area contributed by atoms with Crippen LogP contribution in [0.3, 0.4) is 0 Å². The van der Waals surface area contributed by atoms with E-state index >= 15 is 0 Å². The molecule has 0 unspecified atom stereocenters. The Bertz CT molecular complexity index is 1090. The molecular weight excluding hydrogens is 418 g/mol. The number of aromatic amines is 1. The van der Waals surface area contributed by atoms with Crippen LogP contribution in [0.1, 0.15) is 18.7 Å². The Labute approximate surface area is 174 Å². The van der Waals surface area contributed by atoms with Crippen molar-refractivity contribution in [2.45, 2.75) is 13.1 Å². The Morgan fingerprint density at radius 3 is 2.36 bits per heavy atom. The van der Waals surface area contributed by atoms with E-state index in [-0.39, 0.29) is 35.5 Å². The Hall–Kier alpha value is -2.83. The third-order valence-electron chi connectivity index (χ3n) is 4.62. The fourth-order valence-electron chi connectivity index (χ4n) is 3.53. The maximum absolute atomic E-state index is 10.4. The minimum atomic E-state index is -0.174. The van der Waals surface area contributed by atoms with Gasteiger partial charge in [0.1, 0.15) is 5.75 Å². The molecule has 5 nitrogen and oxygen atoms in total. The van der Waals surface area contributed by atoms with E-state index in [4.69, 9.17) is 5.11 Å². The molecule has 4 N–H and O–H groups in total. The standard InChI is InChI=1S/C20H15N3O.C2H6O.BrH/c24-18-12-6-2-8-14(18)20-21-15-9-3-1-7-13(15)19-22-16-10-4-5-11-17(16)23(19)20;1-2-3;/h1-12,20H,(H2,21,22,24);3H,2H2,1H3;1H/t20-;;/m0../s1. The largest absolute Gasteiger partial charge is 1.00 e. The predicted octanol–water partition coefficient (Wildman–Crippen LogP) is 0.803. The zero-order valence-electron chi connectivity index (χ0n) is 15.4. The number of imidazole rings is 1. The van der Waals surface area contributed by atoms with Crippen LogP contribution >= 0.6 is 0 Å². The second-order valence-electron chi connectivity index (χ2n) is 6.33. The lowest BCUT2D eigenvalue weighted by molar-refractivity contribution is -0.673. The average Bonchev–Trinajstić information content (AvgIpc) is 3.08. The van der Waals surface area contributed by atoms with E-state index in [1.54, 1.807) is 13.0 Å². The lowest BCUT2D eigenvalue weighted by Gasteiger charge is -2.25. The minimum Gasteiger partial charge on any atom is -1.00 e. The highest BCUT2D eigenvalue weighted by Crippen LogP contribution is 2.36. The first kappa shape index (κ1) is 19.9. The van der Waals surface area contributed by atoms with E-state index < -0.39 is 0 Å². The van der Waals surface area contributed by atoms with Crippen molar-refractivity contribution in [3.05, 3.63) is 78.4 Å². The van der Waals surface area contributed by atoms with Gasteiger partial charge in [-0.15, -0.1) is 0 Å². The van der Waals surface area contributed by atoms with Gasteiger partial charge in [0.2, 0.25) is 6.17 Å². The summed E-state index contributed by atoms with van der Waals surface area (Å²) in [5.41, 5.74) is 5.20. The zero-order valence-corrected chi connectivity index (χ0v) is 17.0. The summed E-state index contributed by atoms with van der Waals surface area (Å²) in [5, 5.41) is 21.5. The highest BCUT2D eigenvalue weighted by molar-refractivity contribution is 5.80. The Morgan fingerprint density at radius 1 is 0.929 bits per heavy atom. The molecule has 0 aliphatic carbocycles. The summed E-state index contributed by atoms with van der Waals surface area (Å²) in [4.78, 5) is 3.53. The molecule has 144 valence electrons. The lowest BCUT2D eigenvalue weighted by atomic mass is 10.0. The quantitative estimate of drug-likeness (QED) is 0.331. The topological polar surface area (TPSA) is 72.2 Å². The molecule has 0 spiro atoms. The monoisotopic (exact) mass is 439 g/mol. The van der Waals surface area contributed by atoms with Gasteiger partial charge in [0, 0.05) is 6.61 Å². The molecule has 28 heavy (non-hydrogen) atoms. The van der Waals surface area contributed by atoms with Gasteiger partial charge in [0.25, 0.3) is 5.82 Å². The van der Waals surface area contributed by atoms with Crippen LogP contribution in [0.2, 0.25) is 0 Å². The first-order chi connectivity index (χ1) is 13.2. The lowest BCUT2D eigenvalue weighted by Crippen LogP contribution is -3.00. The molecule has 0 radical (unpaired) electrons. The molecule has 0 amide bonds. The van der Waals surface area contributed by atoms with Crippen LogP contribution in [0.15, 0.2) is 72.8 Å². The number of fused-ring (bicyclic) bond motifs is 5. The number of hydrogen-bond donors (Lipinski definition) is 4. The van der Waals surface area contributed by atoms with Crippen LogP contribution in [-0.4, -0.2) is 21.8 Å². The van der Waals surface area contributed by atoms with Crippen LogP contribution in [0.25, 0.3) is 22.4 Å². The van der Waals surface area contributed by atoms with Crippen molar-refractivity contribution in [2.75, 3.05) is 11.9 Å². The number of anilines is 1. The molecule has 1 atom stereocenters. The van der Waals surface area contributed by atoms with Crippen molar-refractivity contribution >= 4 is 16.7 Å². The molecule has 1 aliphatic rings. The van der Waals surface area contributed by atoms with Crippen molar-refractivity contribution in [3.63, 3.8) is 0 Å². The van der Waals surface area contributed by atoms with E-state index in [0.717, 1.165) is 33.7 Å². The Morgan fingerprint density at radius 2 is 1.57 bits per heavy atom. The second kappa shape index (κ2) is 8.46. The van der Waals surface area contributed by atoms with E-state index in [2.05, 4.69) is 39.1 Å². The summed E-state index contributed by atoms with van der Waals surface area (Å²) in [6.45, 7) is 1.93. The summed E-state index contributed by atoms with van der Waals surface area (Å²) in [5.74, 6) is 1.33. The van der Waals surface area contributed by atoms with E-state index in [1.807, 2.05) is 42.5 Å². The number of para-hydroxylation sites is 4. The number of aliphatic hydroxyl groups is 1. The maximum atomic E-state index is 10.4. The number of aromatic nitrogens is 2. The number of halogens is 1. The molecule has 4 aromatic rings. The van der Waals surface area contributed by atoms with Crippen molar-refractivity contribution < 1.29 is 31.8 Å². The highest BCUT2D eigenvalue weighted by Gasteiger charge is 2.35. The molecule has 6 heteroatoms. The zero-order chi connectivity index (χ0) is 18.8. The van der Waals surface area contributed by atoms with Crippen molar-refractivity contribution in [1.29, 1.82) is 0 Å². The molecule has 0 saturated heterocycles. The van der Waals surface area contributed by atoms with Gasteiger partial charge in [-0.1, -0.05) is 36.4 Å². The third-order valence-corrected chi connectivity index (χ3v) is 4.62. The molecule has 5 rings (SSSR count). The van der Waals surface area contributed by atoms with E-state index in [0.29, 0.717) is 0 Å². The number of H-pyrrole nitrogens is 1. The number of phenols is 1. The molecule has 1 aromatic heterocycles. The van der Waals surface area contributed by atoms with Gasteiger partial charge in [-0.05, 0) is 43.3 Å². The van der Waals surface area contributed by atoms with Gasteiger partial charge in [0.15, 0.2) is 11.0 Å². The van der Waals surface area contributed by atoms with Crippen LogP contribution in [0, 0.1) is 0 Å². The second-order valence-corrected chi connectivity index (χ2v) is 6.33. The Kier molecular flexibility index (Phi) is 6.02. The van der Waals surface area contributed by atoms with Crippen molar-refractivity contribution in [3.8, 4) is 17.1 Å². The molecule has 2 heterocycles. The normalized spacial score (nSPS) is 14.0. The smallest absolute Gasteiger partial charge is 0.291 e. The van der Waals surface area contributed by atoms with E-state index in [9.17, 15) is 5.11 Å². The first-order valence-corrected chi connectivity index (χ1v) is 9.01. The van der Waals surface area contributed by atoms with Gasteiger partial charge in [-0.2, -0.15) is 4.57 Å². The SMILES string of the molecule is CCO.Oc1ccccc1[C@H]1Nc2ccccc2-c2[nH]c3ccccc3[n+]21.[Br-]. The maximum Gasteiger partial charge on any atom is 0.291 e. The van der Waals surface area contributed by atoms with Crippen LogP contribution in [-0.2, 0) is 0 Å². The summed E-state index contributed by atoms with van der Waals surface area (Å²) in [6, 6.07) is 23.9.